The van der Waals surface area contributed by atoms with Crippen molar-refractivity contribution in [2.75, 3.05) is 0 Å². The van der Waals surface area contributed by atoms with Crippen LogP contribution in [0.3, 0.4) is 0 Å². The van der Waals surface area contributed by atoms with Crippen molar-refractivity contribution in [2.45, 2.75) is 6.43 Å². The number of pyridine rings is 1. The Bertz CT molecular complexity index is 227. The van der Waals surface area contributed by atoms with Crippen molar-refractivity contribution >= 4 is 15.9 Å². The van der Waals surface area contributed by atoms with Gasteiger partial charge in [0.1, 0.15) is 10.3 Å². The third-order valence-corrected chi connectivity index (χ3v) is 1.40. The molecule has 0 unspecified atom stereocenters. The highest BCUT2D eigenvalue weighted by atomic mass is 79.9. The van der Waals surface area contributed by atoms with Crippen molar-refractivity contribution < 1.29 is 8.78 Å². The highest BCUT2D eigenvalue weighted by Gasteiger charge is 2.07. The normalized spacial score (nSPS) is 10.4. The van der Waals surface area contributed by atoms with Gasteiger partial charge in [-0.3, -0.25) is 0 Å². The lowest BCUT2D eigenvalue weighted by Gasteiger charge is -1.96. The van der Waals surface area contributed by atoms with E-state index in [2.05, 4.69) is 20.9 Å². The molecule has 0 fully saturated rings. The summed E-state index contributed by atoms with van der Waals surface area (Å²) >= 11 is 2.99. The van der Waals surface area contributed by atoms with Gasteiger partial charge in [-0.05, 0) is 28.1 Å². The molecular formula is C6H4BrF2N. The van der Waals surface area contributed by atoms with Crippen LogP contribution in [0.25, 0.3) is 0 Å². The molecule has 1 rings (SSSR count). The van der Waals surface area contributed by atoms with Gasteiger partial charge >= 0.3 is 0 Å². The van der Waals surface area contributed by atoms with Crippen LogP contribution in [0.2, 0.25) is 0 Å². The Morgan fingerprint density at radius 1 is 1.40 bits per heavy atom. The number of nitrogens with zero attached hydrogens (tertiary/aromatic N) is 1. The fourth-order valence-electron chi connectivity index (χ4n) is 0.546. The molecule has 0 atom stereocenters. The molecule has 1 heterocycles. The molecular weight excluding hydrogens is 204 g/mol. The first-order chi connectivity index (χ1) is 4.70. The van der Waals surface area contributed by atoms with Gasteiger partial charge in [0.15, 0.2) is 0 Å². The third kappa shape index (κ3) is 1.73. The van der Waals surface area contributed by atoms with Crippen LogP contribution in [0.15, 0.2) is 22.8 Å². The molecule has 0 aliphatic rings. The molecule has 0 radical (unpaired) electrons. The van der Waals surface area contributed by atoms with Gasteiger partial charge in [0.2, 0.25) is 0 Å². The van der Waals surface area contributed by atoms with Crippen LogP contribution in [0.1, 0.15) is 12.1 Å². The molecule has 1 aromatic heterocycles. The van der Waals surface area contributed by atoms with E-state index >= 15 is 0 Å². The van der Waals surface area contributed by atoms with Gasteiger partial charge in [0, 0.05) is 0 Å². The topological polar surface area (TPSA) is 12.9 Å². The second-order valence-electron chi connectivity index (χ2n) is 1.69. The highest BCUT2D eigenvalue weighted by Crippen LogP contribution is 2.17. The Hall–Kier alpha value is -0.510. The first-order valence-electron chi connectivity index (χ1n) is 2.61. The number of alkyl halides is 2. The summed E-state index contributed by atoms with van der Waals surface area (Å²) in [5.41, 5.74) is -0.200. The summed E-state index contributed by atoms with van der Waals surface area (Å²) in [6.07, 6.45) is -2.49. The molecule has 0 saturated heterocycles. The van der Waals surface area contributed by atoms with E-state index in [0.29, 0.717) is 4.60 Å². The Labute approximate surface area is 65.2 Å². The van der Waals surface area contributed by atoms with Gasteiger partial charge in [-0.25, -0.2) is 13.8 Å². The largest absolute Gasteiger partial charge is 0.280 e. The molecule has 0 amide bonds. The van der Waals surface area contributed by atoms with E-state index in [-0.39, 0.29) is 5.69 Å². The molecule has 0 N–H and O–H groups in total. The summed E-state index contributed by atoms with van der Waals surface area (Å²) < 4.78 is 24.2. The molecule has 4 heteroatoms. The minimum Gasteiger partial charge on any atom is -0.240 e. The second kappa shape index (κ2) is 3.05. The summed E-state index contributed by atoms with van der Waals surface area (Å²) in [5, 5.41) is 0. The van der Waals surface area contributed by atoms with E-state index < -0.39 is 6.43 Å². The van der Waals surface area contributed by atoms with Crippen LogP contribution in [0.4, 0.5) is 8.78 Å². The number of hydrogen-bond acceptors (Lipinski definition) is 1. The van der Waals surface area contributed by atoms with E-state index in [1.54, 1.807) is 6.07 Å². The molecule has 0 spiro atoms. The molecule has 0 saturated carbocycles. The Morgan fingerprint density at radius 2 is 2.10 bits per heavy atom. The molecule has 1 nitrogen and oxygen atoms in total. The van der Waals surface area contributed by atoms with Crippen molar-refractivity contribution in [3.8, 4) is 0 Å². The van der Waals surface area contributed by atoms with Crippen LogP contribution in [-0.4, -0.2) is 4.98 Å². The lowest BCUT2D eigenvalue weighted by atomic mass is 10.4. The SMILES string of the molecule is FC(F)c1cccc(Br)n1. The molecule has 0 bridgehead atoms. The van der Waals surface area contributed by atoms with E-state index in [1.165, 1.54) is 12.1 Å². The molecule has 0 aliphatic carbocycles. The maximum Gasteiger partial charge on any atom is 0.280 e. The zero-order valence-electron chi connectivity index (χ0n) is 4.89. The fourth-order valence-corrected chi connectivity index (χ4v) is 0.903. The standard InChI is InChI=1S/C6H4BrF2N/c7-5-3-1-2-4(10-5)6(8)9/h1-3,6H. The van der Waals surface area contributed by atoms with Crippen LogP contribution < -0.4 is 0 Å². The van der Waals surface area contributed by atoms with E-state index in [0.717, 1.165) is 0 Å². The van der Waals surface area contributed by atoms with Crippen LogP contribution >= 0.6 is 15.9 Å². The van der Waals surface area contributed by atoms with E-state index in [9.17, 15) is 8.78 Å². The summed E-state index contributed by atoms with van der Waals surface area (Å²) in [7, 11) is 0. The van der Waals surface area contributed by atoms with E-state index in [1.807, 2.05) is 0 Å². The third-order valence-electron chi connectivity index (χ3n) is 0.960. The zero-order chi connectivity index (χ0) is 7.56. The van der Waals surface area contributed by atoms with Crippen LogP contribution in [0, 0.1) is 0 Å². The zero-order valence-corrected chi connectivity index (χ0v) is 6.48. The molecule has 0 aliphatic heterocycles. The minimum atomic E-state index is -2.49. The summed E-state index contributed by atoms with van der Waals surface area (Å²) in [5.74, 6) is 0. The van der Waals surface area contributed by atoms with Crippen LogP contribution in [0.5, 0.6) is 0 Å². The van der Waals surface area contributed by atoms with Crippen molar-refractivity contribution in [3.63, 3.8) is 0 Å². The first kappa shape index (κ1) is 7.60. The van der Waals surface area contributed by atoms with Gasteiger partial charge in [-0.15, -0.1) is 0 Å². The summed E-state index contributed by atoms with van der Waals surface area (Å²) in [6, 6.07) is 4.42. The lowest BCUT2D eigenvalue weighted by Crippen LogP contribution is -1.88. The molecule has 10 heavy (non-hydrogen) atoms. The van der Waals surface area contributed by atoms with Gasteiger partial charge in [-0.1, -0.05) is 6.07 Å². The molecule has 54 valence electrons. The number of rotatable bonds is 1. The first-order valence-corrected chi connectivity index (χ1v) is 3.40. The monoisotopic (exact) mass is 207 g/mol. The van der Waals surface area contributed by atoms with Crippen molar-refractivity contribution in [1.82, 2.24) is 4.98 Å². The van der Waals surface area contributed by atoms with Gasteiger partial charge < -0.3 is 0 Å². The maximum absolute atomic E-state index is 11.9. The van der Waals surface area contributed by atoms with Crippen molar-refractivity contribution in [2.24, 2.45) is 0 Å². The molecule has 1 aromatic rings. The summed E-state index contributed by atoms with van der Waals surface area (Å²) in [4.78, 5) is 3.54. The molecule has 0 aromatic carbocycles. The average molecular weight is 208 g/mol. The quantitative estimate of drug-likeness (QED) is 0.646. The fraction of sp³-hybridized carbons (Fsp3) is 0.167. The van der Waals surface area contributed by atoms with Gasteiger partial charge in [-0.2, -0.15) is 0 Å². The average Bonchev–Trinajstić information content (AvgIpc) is 1.88. The Kier molecular flexibility index (Phi) is 2.32. The van der Waals surface area contributed by atoms with Gasteiger partial charge in [0.05, 0.1) is 0 Å². The second-order valence-corrected chi connectivity index (χ2v) is 2.50. The maximum atomic E-state index is 11.9. The highest BCUT2D eigenvalue weighted by molar-refractivity contribution is 9.10. The minimum absolute atomic E-state index is 0.200. The predicted octanol–water partition coefficient (Wildman–Crippen LogP) is 2.78. The number of hydrogen-bond donors (Lipinski definition) is 0. The predicted molar refractivity (Wildman–Crippen MR) is 36.9 cm³/mol. The number of aromatic nitrogens is 1. The Morgan fingerprint density at radius 3 is 2.50 bits per heavy atom. The Balaban J connectivity index is 2.96. The summed E-state index contributed by atoms with van der Waals surface area (Å²) in [6.45, 7) is 0. The van der Waals surface area contributed by atoms with Crippen molar-refractivity contribution in [3.05, 3.63) is 28.5 Å². The van der Waals surface area contributed by atoms with E-state index in [4.69, 9.17) is 0 Å². The van der Waals surface area contributed by atoms with Crippen LogP contribution in [-0.2, 0) is 0 Å². The number of halogens is 3. The van der Waals surface area contributed by atoms with Gasteiger partial charge in [0.25, 0.3) is 6.43 Å². The smallest absolute Gasteiger partial charge is 0.240 e. The van der Waals surface area contributed by atoms with Crippen molar-refractivity contribution in [1.29, 1.82) is 0 Å². The lowest BCUT2D eigenvalue weighted by molar-refractivity contribution is 0.146.